The van der Waals surface area contributed by atoms with Gasteiger partial charge in [-0.2, -0.15) is 5.10 Å². The summed E-state index contributed by atoms with van der Waals surface area (Å²) in [4.78, 5) is 0. The lowest BCUT2D eigenvalue weighted by molar-refractivity contribution is 0.702. The van der Waals surface area contributed by atoms with Gasteiger partial charge in [-0.3, -0.25) is 4.68 Å². The van der Waals surface area contributed by atoms with Crippen molar-refractivity contribution in [3.05, 3.63) is 59.9 Å². The van der Waals surface area contributed by atoms with E-state index in [2.05, 4.69) is 29.4 Å². The molecule has 0 saturated heterocycles. The second-order valence-electron chi connectivity index (χ2n) is 3.59. The third-order valence-electron chi connectivity index (χ3n) is 2.32. The number of allylic oxidation sites excluding steroid dienone is 1. The third kappa shape index (κ3) is 2.81. The molecule has 0 spiro atoms. The summed E-state index contributed by atoms with van der Waals surface area (Å²) in [5.74, 6) is 0. The van der Waals surface area contributed by atoms with E-state index in [1.165, 1.54) is 5.56 Å². The van der Waals surface area contributed by atoms with Gasteiger partial charge in [0.1, 0.15) is 0 Å². The summed E-state index contributed by atoms with van der Waals surface area (Å²) >= 11 is 0. The number of benzene rings is 1. The van der Waals surface area contributed by atoms with Crippen molar-refractivity contribution in [3.63, 3.8) is 0 Å². The second-order valence-corrected chi connectivity index (χ2v) is 3.59. The maximum Gasteiger partial charge on any atom is 0.0593 e. The van der Waals surface area contributed by atoms with Crippen LogP contribution in [-0.4, -0.2) is 9.78 Å². The van der Waals surface area contributed by atoms with Crippen LogP contribution in [0.25, 0.3) is 6.08 Å². The summed E-state index contributed by atoms with van der Waals surface area (Å²) in [6, 6.07) is 10.2. The van der Waals surface area contributed by atoms with Crippen LogP contribution in [-0.2, 0) is 13.1 Å². The molecule has 16 heavy (non-hydrogen) atoms. The summed E-state index contributed by atoms with van der Waals surface area (Å²) in [6.45, 7) is 1.32. The van der Waals surface area contributed by atoms with Gasteiger partial charge in [-0.25, -0.2) is 0 Å². The Balaban J connectivity index is 1.94. The fourth-order valence-electron chi connectivity index (χ4n) is 1.47. The molecule has 0 unspecified atom stereocenters. The highest BCUT2D eigenvalue weighted by atomic mass is 15.3. The van der Waals surface area contributed by atoms with E-state index in [0.29, 0.717) is 6.54 Å². The van der Waals surface area contributed by atoms with Gasteiger partial charge in [0.15, 0.2) is 0 Å². The molecule has 0 atom stereocenters. The molecule has 0 aliphatic carbocycles. The Labute approximate surface area is 95.2 Å². The Hall–Kier alpha value is -1.87. The van der Waals surface area contributed by atoms with E-state index in [1.54, 1.807) is 6.20 Å². The smallest absolute Gasteiger partial charge is 0.0593 e. The largest absolute Gasteiger partial charge is 0.326 e. The minimum absolute atomic E-state index is 0.544. The zero-order chi connectivity index (χ0) is 11.2. The first-order valence-electron chi connectivity index (χ1n) is 5.31. The van der Waals surface area contributed by atoms with Crippen LogP contribution in [0.3, 0.4) is 0 Å². The number of hydrogen-bond donors (Lipinski definition) is 1. The van der Waals surface area contributed by atoms with Crippen LogP contribution in [0.2, 0.25) is 0 Å². The van der Waals surface area contributed by atoms with Crippen LogP contribution in [0, 0.1) is 0 Å². The predicted octanol–water partition coefficient (Wildman–Crippen LogP) is 2.06. The van der Waals surface area contributed by atoms with Gasteiger partial charge < -0.3 is 5.73 Å². The Morgan fingerprint density at radius 2 is 2.06 bits per heavy atom. The number of aromatic nitrogens is 2. The average Bonchev–Trinajstić information content (AvgIpc) is 2.78. The molecule has 2 rings (SSSR count). The molecular weight excluding hydrogens is 198 g/mol. The monoisotopic (exact) mass is 213 g/mol. The normalized spacial score (nSPS) is 11.1. The maximum atomic E-state index is 5.51. The Morgan fingerprint density at radius 3 is 2.75 bits per heavy atom. The SMILES string of the molecule is NCc1cnn(C/C=C/c2ccccc2)c1. The average molecular weight is 213 g/mol. The van der Waals surface area contributed by atoms with E-state index in [9.17, 15) is 0 Å². The van der Waals surface area contributed by atoms with Crippen molar-refractivity contribution in [2.75, 3.05) is 0 Å². The van der Waals surface area contributed by atoms with Crippen LogP contribution >= 0.6 is 0 Å². The molecule has 0 radical (unpaired) electrons. The second kappa shape index (κ2) is 5.28. The molecule has 1 aromatic heterocycles. The van der Waals surface area contributed by atoms with Crippen molar-refractivity contribution in [2.24, 2.45) is 5.73 Å². The molecule has 82 valence electrons. The molecule has 0 aliphatic rings. The van der Waals surface area contributed by atoms with Crippen LogP contribution < -0.4 is 5.73 Å². The van der Waals surface area contributed by atoms with E-state index in [1.807, 2.05) is 29.1 Å². The lowest BCUT2D eigenvalue weighted by Crippen LogP contribution is -1.96. The quantitative estimate of drug-likeness (QED) is 0.844. The number of hydrogen-bond acceptors (Lipinski definition) is 2. The van der Waals surface area contributed by atoms with E-state index < -0.39 is 0 Å². The van der Waals surface area contributed by atoms with Crippen molar-refractivity contribution < 1.29 is 0 Å². The van der Waals surface area contributed by atoms with Gasteiger partial charge in [0, 0.05) is 18.3 Å². The van der Waals surface area contributed by atoms with Crippen molar-refractivity contribution >= 4 is 6.08 Å². The first-order valence-corrected chi connectivity index (χ1v) is 5.31. The molecule has 3 heteroatoms. The number of rotatable bonds is 4. The molecule has 0 amide bonds. The minimum atomic E-state index is 0.544. The van der Waals surface area contributed by atoms with E-state index in [4.69, 9.17) is 5.73 Å². The standard InChI is InChI=1S/C13H15N3/c14-9-13-10-15-16(11-13)8-4-7-12-5-2-1-3-6-12/h1-7,10-11H,8-9,14H2/b7-4+. The molecule has 2 aromatic rings. The highest BCUT2D eigenvalue weighted by molar-refractivity contribution is 5.48. The van der Waals surface area contributed by atoms with Crippen molar-refractivity contribution in [2.45, 2.75) is 13.1 Å². The van der Waals surface area contributed by atoms with Gasteiger partial charge in [0.05, 0.1) is 12.7 Å². The van der Waals surface area contributed by atoms with Gasteiger partial charge in [-0.05, 0) is 5.56 Å². The molecule has 1 aromatic carbocycles. The summed E-state index contributed by atoms with van der Waals surface area (Å²) in [5.41, 5.74) is 7.78. The molecule has 0 saturated carbocycles. The summed E-state index contributed by atoms with van der Waals surface area (Å²) in [7, 11) is 0. The van der Waals surface area contributed by atoms with Gasteiger partial charge in [-0.1, -0.05) is 42.5 Å². The fourth-order valence-corrected chi connectivity index (χ4v) is 1.47. The Bertz CT molecular complexity index is 457. The predicted molar refractivity (Wildman–Crippen MR) is 65.6 cm³/mol. The number of nitrogens with two attached hydrogens (primary N) is 1. The van der Waals surface area contributed by atoms with Gasteiger partial charge in [0.25, 0.3) is 0 Å². The lowest BCUT2D eigenvalue weighted by Gasteiger charge is -1.95. The van der Waals surface area contributed by atoms with E-state index in [0.717, 1.165) is 12.1 Å². The maximum absolute atomic E-state index is 5.51. The molecule has 0 bridgehead atoms. The Morgan fingerprint density at radius 1 is 1.25 bits per heavy atom. The topological polar surface area (TPSA) is 43.8 Å². The highest BCUT2D eigenvalue weighted by Gasteiger charge is 1.93. The summed E-state index contributed by atoms with van der Waals surface area (Å²) in [5, 5.41) is 4.20. The molecule has 3 nitrogen and oxygen atoms in total. The number of nitrogens with zero attached hydrogens (tertiary/aromatic N) is 2. The Kier molecular flexibility index (Phi) is 3.51. The molecule has 2 N–H and O–H groups in total. The van der Waals surface area contributed by atoms with Gasteiger partial charge in [0.2, 0.25) is 0 Å². The zero-order valence-electron chi connectivity index (χ0n) is 9.08. The van der Waals surface area contributed by atoms with Crippen LogP contribution in [0.4, 0.5) is 0 Å². The van der Waals surface area contributed by atoms with Crippen molar-refractivity contribution in [1.29, 1.82) is 0 Å². The van der Waals surface area contributed by atoms with Crippen molar-refractivity contribution in [3.8, 4) is 0 Å². The van der Waals surface area contributed by atoms with Crippen LogP contribution in [0.5, 0.6) is 0 Å². The van der Waals surface area contributed by atoms with E-state index >= 15 is 0 Å². The van der Waals surface area contributed by atoms with Crippen LogP contribution in [0.15, 0.2) is 48.8 Å². The van der Waals surface area contributed by atoms with Gasteiger partial charge >= 0.3 is 0 Å². The lowest BCUT2D eigenvalue weighted by atomic mass is 10.2. The highest BCUT2D eigenvalue weighted by Crippen LogP contribution is 2.02. The molecule has 1 heterocycles. The van der Waals surface area contributed by atoms with E-state index in [-0.39, 0.29) is 0 Å². The fraction of sp³-hybridized carbons (Fsp3) is 0.154. The zero-order valence-corrected chi connectivity index (χ0v) is 9.08. The van der Waals surface area contributed by atoms with Gasteiger partial charge in [-0.15, -0.1) is 0 Å². The first-order chi connectivity index (χ1) is 7.88. The summed E-state index contributed by atoms with van der Waals surface area (Å²) < 4.78 is 1.88. The van der Waals surface area contributed by atoms with Crippen molar-refractivity contribution in [1.82, 2.24) is 9.78 Å². The third-order valence-corrected chi connectivity index (χ3v) is 2.32. The first kappa shape index (κ1) is 10.6. The molecular formula is C13H15N3. The molecule has 0 fully saturated rings. The minimum Gasteiger partial charge on any atom is -0.326 e. The molecule has 0 aliphatic heterocycles. The summed E-state index contributed by atoms with van der Waals surface area (Å²) in [6.07, 6.45) is 7.94. The van der Waals surface area contributed by atoms with Crippen LogP contribution in [0.1, 0.15) is 11.1 Å².